The lowest BCUT2D eigenvalue weighted by Gasteiger charge is -2.12. The van der Waals surface area contributed by atoms with Gasteiger partial charge in [-0.05, 0) is 13.8 Å². The van der Waals surface area contributed by atoms with Crippen molar-refractivity contribution in [3.05, 3.63) is 11.9 Å². The number of ether oxygens (including phenoxy) is 1. The van der Waals surface area contributed by atoms with Crippen LogP contribution in [0.15, 0.2) is 6.20 Å². The quantitative estimate of drug-likeness (QED) is 0.701. The summed E-state index contributed by atoms with van der Waals surface area (Å²) in [5, 5.41) is 7.59. The van der Waals surface area contributed by atoms with Crippen molar-refractivity contribution in [3.8, 4) is 0 Å². The predicted octanol–water partition coefficient (Wildman–Crippen LogP) is 1.79. The van der Waals surface area contributed by atoms with Crippen LogP contribution < -0.4 is 0 Å². The van der Waals surface area contributed by atoms with Crippen molar-refractivity contribution in [2.75, 3.05) is 13.7 Å². The maximum Gasteiger partial charge on any atom is 0.100 e. The Morgan fingerprint density at radius 3 is 2.85 bits per heavy atom. The molecule has 1 atom stereocenters. The van der Waals surface area contributed by atoms with Crippen molar-refractivity contribution in [2.45, 2.75) is 25.3 Å². The van der Waals surface area contributed by atoms with Gasteiger partial charge in [0.1, 0.15) is 5.38 Å². The largest absolute Gasteiger partial charge is 0.383 e. The Kier molecular flexibility index (Phi) is 3.69. The standard InChI is InChI=1S/C8H14ClN3O/c1-6(2)12-8(4-10-11-12)7(9)5-13-3/h4,6-7H,5H2,1-3H3. The molecule has 5 heteroatoms. The maximum absolute atomic E-state index is 6.07. The smallest absolute Gasteiger partial charge is 0.100 e. The maximum atomic E-state index is 6.07. The highest BCUT2D eigenvalue weighted by molar-refractivity contribution is 6.20. The number of aromatic nitrogens is 3. The number of hydrogen-bond donors (Lipinski definition) is 0. The molecule has 74 valence electrons. The van der Waals surface area contributed by atoms with Gasteiger partial charge in [-0.1, -0.05) is 5.21 Å². The van der Waals surface area contributed by atoms with Crippen molar-refractivity contribution in [3.63, 3.8) is 0 Å². The highest BCUT2D eigenvalue weighted by atomic mass is 35.5. The van der Waals surface area contributed by atoms with Gasteiger partial charge in [0.15, 0.2) is 0 Å². The zero-order valence-corrected chi connectivity index (χ0v) is 8.82. The molecule has 0 radical (unpaired) electrons. The lowest BCUT2D eigenvalue weighted by Crippen LogP contribution is -2.11. The van der Waals surface area contributed by atoms with Gasteiger partial charge in [-0.2, -0.15) is 0 Å². The van der Waals surface area contributed by atoms with Crippen molar-refractivity contribution in [1.29, 1.82) is 0 Å². The van der Waals surface area contributed by atoms with Gasteiger partial charge in [0, 0.05) is 13.2 Å². The molecule has 4 nitrogen and oxygen atoms in total. The molecule has 0 aliphatic rings. The summed E-state index contributed by atoms with van der Waals surface area (Å²) in [5.74, 6) is 0. The molecule has 0 aliphatic carbocycles. The topological polar surface area (TPSA) is 39.9 Å². The van der Waals surface area contributed by atoms with Gasteiger partial charge in [-0.15, -0.1) is 16.7 Å². The van der Waals surface area contributed by atoms with Gasteiger partial charge in [-0.3, -0.25) is 0 Å². The Bertz CT molecular complexity index is 262. The summed E-state index contributed by atoms with van der Waals surface area (Å²) in [4.78, 5) is 0. The van der Waals surface area contributed by atoms with Crippen LogP contribution in [0, 0.1) is 0 Å². The van der Waals surface area contributed by atoms with E-state index >= 15 is 0 Å². The zero-order valence-electron chi connectivity index (χ0n) is 8.07. The van der Waals surface area contributed by atoms with Gasteiger partial charge in [0.25, 0.3) is 0 Å². The van der Waals surface area contributed by atoms with Crippen LogP contribution in [-0.2, 0) is 4.74 Å². The summed E-state index contributed by atoms with van der Waals surface area (Å²) in [7, 11) is 1.62. The Balaban J connectivity index is 2.80. The summed E-state index contributed by atoms with van der Waals surface area (Å²) in [6.07, 6.45) is 1.68. The SMILES string of the molecule is COCC(Cl)c1cnnn1C(C)C. The molecule has 0 bridgehead atoms. The first kappa shape index (κ1) is 10.5. The van der Waals surface area contributed by atoms with Crippen LogP contribution in [-0.4, -0.2) is 28.7 Å². The molecule has 1 aromatic heterocycles. The molecule has 1 aromatic rings. The second-order valence-corrected chi connectivity index (χ2v) is 3.65. The second kappa shape index (κ2) is 4.58. The third-order valence-corrected chi connectivity index (χ3v) is 2.08. The predicted molar refractivity (Wildman–Crippen MR) is 50.9 cm³/mol. The summed E-state index contributed by atoms with van der Waals surface area (Å²) < 4.78 is 6.76. The Labute approximate surface area is 82.8 Å². The first-order valence-electron chi connectivity index (χ1n) is 4.20. The van der Waals surface area contributed by atoms with E-state index in [1.54, 1.807) is 18.0 Å². The van der Waals surface area contributed by atoms with E-state index in [0.717, 1.165) is 5.69 Å². The molecule has 0 N–H and O–H groups in total. The lowest BCUT2D eigenvalue weighted by molar-refractivity contribution is 0.195. The number of methoxy groups -OCH3 is 1. The van der Waals surface area contributed by atoms with Crippen LogP contribution in [0.2, 0.25) is 0 Å². The number of alkyl halides is 1. The third kappa shape index (κ3) is 2.42. The van der Waals surface area contributed by atoms with E-state index in [2.05, 4.69) is 10.3 Å². The van der Waals surface area contributed by atoms with Crippen LogP contribution in [0.3, 0.4) is 0 Å². The average Bonchev–Trinajstić information content (AvgIpc) is 2.52. The summed E-state index contributed by atoms with van der Waals surface area (Å²) >= 11 is 6.07. The molecule has 0 spiro atoms. The summed E-state index contributed by atoms with van der Waals surface area (Å²) in [6, 6.07) is 0.274. The number of nitrogens with zero attached hydrogens (tertiary/aromatic N) is 3. The number of rotatable bonds is 4. The lowest BCUT2D eigenvalue weighted by atomic mass is 10.3. The number of halogens is 1. The summed E-state index contributed by atoms with van der Waals surface area (Å²) in [5.41, 5.74) is 0.901. The highest BCUT2D eigenvalue weighted by Gasteiger charge is 2.15. The molecule has 0 saturated heterocycles. The van der Waals surface area contributed by atoms with Crippen molar-refractivity contribution in [1.82, 2.24) is 15.0 Å². The fourth-order valence-electron chi connectivity index (χ4n) is 1.11. The van der Waals surface area contributed by atoms with Crippen LogP contribution in [0.4, 0.5) is 0 Å². The van der Waals surface area contributed by atoms with E-state index in [1.807, 2.05) is 13.8 Å². The van der Waals surface area contributed by atoms with Crippen LogP contribution in [0.25, 0.3) is 0 Å². The van der Waals surface area contributed by atoms with E-state index in [-0.39, 0.29) is 11.4 Å². The molecular weight excluding hydrogens is 190 g/mol. The van der Waals surface area contributed by atoms with Crippen molar-refractivity contribution < 1.29 is 4.74 Å². The second-order valence-electron chi connectivity index (χ2n) is 3.12. The monoisotopic (exact) mass is 203 g/mol. The van der Waals surface area contributed by atoms with Gasteiger partial charge >= 0.3 is 0 Å². The molecule has 0 fully saturated rings. The molecule has 1 rings (SSSR count). The molecule has 13 heavy (non-hydrogen) atoms. The minimum absolute atomic E-state index is 0.178. The third-order valence-electron chi connectivity index (χ3n) is 1.73. The Morgan fingerprint density at radius 2 is 2.31 bits per heavy atom. The molecule has 0 saturated carbocycles. The molecule has 1 unspecified atom stereocenters. The van der Waals surface area contributed by atoms with Gasteiger partial charge < -0.3 is 4.74 Å². The van der Waals surface area contributed by atoms with E-state index < -0.39 is 0 Å². The fourth-order valence-corrected chi connectivity index (χ4v) is 1.39. The minimum Gasteiger partial charge on any atom is -0.383 e. The van der Waals surface area contributed by atoms with E-state index in [9.17, 15) is 0 Å². The van der Waals surface area contributed by atoms with Crippen molar-refractivity contribution in [2.24, 2.45) is 0 Å². The van der Waals surface area contributed by atoms with Crippen molar-refractivity contribution >= 4 is 11.6 Å². The number of hydrogen-bond acceptors (Lipinski definition) is 3. The van der Waals surface area contributed by atoms with Crippen LogP contribution >= 0.6 is 11.6 Å². The zero-order chi connectivity index (χ0) is 9.84. The Morgan fingerprint density at radius 1 is 1.62 bits per heavy atom. The summed E-state index contributed by atoms with van der Waals surface area (Å²) in [6.45, 7) is 4.55. The highest BCUT2D eigenvalue weighted by Crippen LogP contribution is 2.21. The first-order chi connectivity index (χ1) is 6.16. The van der Waals surface area contributed by atoms with E-state index in [0.29, 0.717) is 6.61 Å². The normalized spacial score (nSPS) is 13.6. The fraction of sp³-hybridized carbons (Fsp3) is 0.750. The van der Waals surface area contributed by atoms with Gasteiger partial charge in [0.2, 0.25) is 0 Å². The van der Waals surface area contributed by atoms with Gasteiger partial charge in [-0.25, -0.2) is 4.68 Å². The first-order valence-corrected chi connectivity index (χ1v) is 4.63. The molecular formula is C8H14ClN3O. The van der Waals surface area contributed by atoms with Crippen LogP contribution in [0.5, 0.6) is 0 Å². The van der Waals surface area contributed by atoms with Crippen LogP contribution in [0.1, 0.15) is 31.0 Å². The molecule has 0 aliphatic heterocycles. The molecule has 1 heterocycles. The molecule has 0 aromatic carbocycles. The van der Waals surface area contributed by atoms with Gasteiger partial charge in [0.05, 0.1) is 18.5 Å². The Hall–Kier alpha value is -0.610. The minimum atomic E-state index is -0.178. The van der Waals surface area contributed by atoms with E-state index in [4.69, 9.17) is 16.3 Å². The average molecular weight is 204 g/mol. The molecule has 0 amide bonds. The van der Waals surface area contributed by atoms with E-state index in [1.165, 1.54) is 0 Å².